The zero-order chi connectivity index (χ0) is 21.1. The first-order chi connectivity index (χ1) is 13.8. The number of nitrogens with zero attached hydrogens (tertiary/aromatic N) is 1. The molecule has 156 valence electrons. The molecule has 0 radical (unpaired) electrons. The second-order valence-corrected chi connectivity index (χ2v) is 9.32. The van der Waals surface area contributed by atoms with Crippen molar-refractivity contribution in [2.24, 2.45) is 0 Å². The fraction of sp³-hybridized carbons (Fsp3) is 0.409. The lowest BCUT2D eigenvalue weighted by molar-refractivity contribution is 0.0927. The zero-order valence-corrected chi connectivity index (χ0v) is 17.6. The first-order valence-electron chi connectivity index (χ1n) is 9.97. The van der Waals surface area contributed by atoms with Gasteiger partial charge in [-0.15, -0.1) is 0 Å². The predicted molar refractivity (Wildman–Crippen MR) is 111 cm³/mol. The molecule has 1 aliphatic carbocycles. The molecule has 1 aliphatic rings. The quantitative estimate of drug-likeness (QED) is 0.711. The van der Waals surface area contributed by atoms with Crippen molar-refractivity contribution >= 4 is 15.9 Å². The van der Waals surface area contributed by atoms with Crippen molar-refractivity contribution < 1.29 is 17.6 Å². The molecule has 29 heavy (non-hydrogen) atoms. The molecule has 2 aromatic rings. The van der Waals surface area contributed by atoms with Crippen molar-refractivity contribution in [2.75, 3.05) is 19.6 Å². The van der Waals surface area contributed by atoms with Crippen molar-refractivity contribution in [1.82, 2.24) is 9.62 Å². The van der Waals surface area contributed by atoms with Crippen LogP contribution in [0.3, 0.4) is 0 Å². The number of benzene rings is 2. The lowest BCUT2D eigenvalue weighted by Gasteiger charge is -2.42. The van der Waals surface area contributed by atoms with E-state index in [9.17, 15) is 17.6 Å². The number of rotatable bonds is 8. The minimum absolute atomic E-state index is 0.0902. The summed E-state index contributed by atoms with van der Waals surface area (Å²) < 4.78 is 40.9. The van der Waals surface area contributed by atoms with Crippen LogP contribution in [0.25, 0.3) is 0 Å². The summed E-state index contributed by atoms with van der Waals surface area (Å²) >= 11 is 0. The molecule has 1 N–H and O–H groups in total. The van der Waals surface area contributed by atoms with Crippen LogP contribution in [0.15, 0.2) is 53.4 Å². The lowest BCUT2D eigenvalue weighted by atomic mass is 9.64. The Morgan fingerprint density at radius 2 is 1.76 bits per heavy atom. The Balaban J connectivity index is 1.80. The molecule has 3 rings (SSSR count). The number of halogens is 1. The van der Waals surface area contributed by atoms with Gasteiger partial charge in [0.05, 0.1) is 0 Å². The Bertz CT molecular complexity index is 969. The van der Waals surface area contributed by atoms with Crippen LogP contribution in [0.4, 0.5) is 4.39 Å². The van der Waals surface area contributed by atoms with Crippen LogP contribution >= 0.6 is 0 Å². The Kier molecular flexibility index (Phi) is 6.39. The van der Waals surface area contributed by atoms with Gasteiger partial charge < -0.3 is 5.32 Å². The van der Waals surface area contributed by atoms with Crippen LogP contribution in [0.5, 0.6) is 0 Å². The smallest absolute Gasteiger partial charge is 0.251 e. The molecule has 1 fully saturated rings. The van der Waals surface area contributed by atoms with Crippen LogP contribution in [0, 0.1) is 5.82 Å². The van der Waals surface area contributed by atoms with Gasteiger partial charge >= 0.3 is 0 Å². The molecule has 0 unspecified atom stereocenters. The first-order valence-corrected chi connectivity index (χ1v) is 11.4. The van der Waals surface area contributed by atoms with Crippen LogP contribution < -0.4 is 5.32 Å². The average Bonchev–Trinajstić information content (AvgIpc) is 2.68. The van der Waals surface area contributed by atoms with E-state index in [1.807, 2.05) is 18.2 Å². The maximum Gasteiger partial charge on any atom is 0.251 e. The number of carbonyl (C=O) groups excluding carboxylic acids is 1. The van der Waals surface area contributed by atoms with Gasteiger partial charge in [0.15, 0.2) is 0 Å². The number of hydrogen-bond donors (Lipinski definition) is 1. The van der Waals surface area contributed by atoms with Gasteiger partial charge in [-0.3, -0.25) is 4.79 Å². The standard InChI is InChI=1S/C22H27FN2O3S/c1-3-25(4-2)29(27,28)20-15-17(11-12-19(20)23)21(26)24-16-22(13-8-14-22)18-9-6-5-7-10-18/h5-7,9-12,15H,3-4,8,13-14,16H2,1-2H3,(H,24,26). The Morgan fingerprint density at radius 3 is 2.31 bits per heavy atom. The van der Waals surface area contributed by atoms with Crippen molar-refractivity contribution in [3.63, 3.8) is 0 Å². The minimum Gasteiger partial charge on any atom is -0.351 e. The van der Waals surface area contributed by atoms with E-state index in [4.69, 9.17) is 0 Å². The van der Waals surface area contributed by atoms with Crippen LogP contribution in [-0.2, 0) is 15.4 Å². The number of sulfonamides is 1. The highest BCUT2D eigenvalue weighted by atomic mass is 32.2. The van der Waals surface area contributed by atoms with E-state index in [-0.39, 0.29) is 24.1 Å². The molecular weight excluding hydrogens is 391 g/mol. The fourth-order valence-electron chi connectivity index (χ4n) is 3.86. The maximum atomic E-state index is 14.3. The third-order valence-corrected chi connectivity index (χ3v) is 7.87. The van der Waals surface area contributed by atoms with E-state index in [0.717, 1.165) is 31.4 Å². The van der Waals surface area contributed by atoms with Crippen LogP contribution in [-0.4, -0.2) is 38.3 Å². The normalized spacial score (nSPS) is 15.7. The highest BCUT2D eigenvalue weighted by Crippen LogP contribution is 2.43. The van der Waals surface area contributed by atoms with E-state index >= 15 is 0 Å². The second kappa shape index (κ2) is 8.63. The molecule has 5 nitrogen and oxygen atoms in total. The molecule has 0 bridgehead atoms. The van der Waals surface area contributed by atoms with Gasteiger partial charge in [0.2, 0.25) is 10.0 Å². The average molecular weight is 419 g/mol. The highest BCUT2D eigenvalue weighted by molar-refractivity contribution is 7.89. The van der Waals surface area contributed by atoms with E-state index in [0.29, 0.717) is 6.54 Å². The van der Waals surface area contributed by atoms with Crippen molar-refractivity contribution in [3.05, 3.63) is 65.5 Å². The van der Waals surface area contributed by atoms with Gasteiger partial charge in [-0.05, 0) is 36.6 Å². The SMILES string of the molecule is CCN(CC)S(=O)(=O)c1cc(C(=O)NCC2(c3ccccc3)CCC2)ccc1F. The van der Waals surface area contributed by atoms with Crippen molar-refractivity contribution in [1.29, 1.82) is 0 Å². The summed E-state index contributed by atoms with van der Waals surface area (Å²) in [5.41, 5.74) is 1.24. The molecule has 0 saturated heterocycles. The summed E-state index contributed by atoms with van der Waals surface area (Å²) in [6, 6.07) is 13.6. The molecule has 1 saturated carbocycles. The van der Waals surface area contributed by atoms with E-state index in [2.05, 4.69) is 17.4 Å². The number of hydrogen-bond acceptors (Lipinski definition) is 3. The molecule has 2 aromatic carbocycles. The molecule has 7 heteroatoms. The van der Waals surface area contributed by atoms with Gasteiger partial charge in [0.25, 0.3) is 5.91 Å². The number of carbonyl (C=O) groups is 1. The third-order valence-electron chi connectivity index (χ3n) is 5.80. The Morgan fingerprint density at radius 1 is 1.10 bits per heavy atom. The minimum atomic E-state index is -3.99. The number of amides is 1. The summed E-state index contributed by atoms with van der Waals surface area (Å²) in [6.45, 7) is 4.31. The van der Waals surface area contributed by atoms with Gasteiger partial charge in [-0.2, -0.15) is 4.31 Å². The monoisotopic (exact) mass is 418 g/mol. The summed E-state index contributed by atoms with van der Waals surface area (Å²) in [5, 5.41) is 2.93. The lowest BCUT2D eigenvalue weighted by Crippen LogP contribution is -2.45. The third kappa shape index (κ3) is 4.21. The van der Waals surface area contributed by atoms with Gasteiger partial charge in [0, 0.05) is 30.6 Å². The maximum absolute atomic E-state index is 14.3. The van der Waals surface area contributed by atoms with Crippen LogP contribution in [0.1, 0.15) is 49.0 Å². The van der Waals surface area contributed by atoms with E-state index < -0.39 is 26.6 Å². The topological polar surface area (TPSA) is 66.5 Å². The summed E-state index contributed by atoms with van der Waals surface area (Å²) in [7, 11) is -3.99. The second-order valence-electron chi connectivity index (χ2n) is 7.42. The largest absolute Gasteiger partial charge is 0.351 e. The van der Waals surface area contributed by atoms with Gasteiger partial charge in [-0.25, -0.2) is 12.8 Å². The van der Waals surface area contributed by atoms with Gasteiger partial charge in [0.1, 0.15) is 10.7 Å². The van der Waals surface area contributed by atoms with Crippen molar-refractivity contribution in [3.8, 4) is 0 Å². The molecule has 0 atom stereocenters. The molecule has 0 heterocycles. The molecule has 0 aromatic heterocycles. The Labute approximate surface area is 172 Å². The first kappa shape index (κ1) is 21.5. The summed E-state index contributed by atoms with van der Waals surface area (Å²) in [4.78, 5) is 12.3. The molecular formula is C22H27FN2O3S. The molecule has 0 spiro atoms. The van der Waals surface area contributed by atoms with Crippen molar-refractivity contribution in [2.45, 2.75) is 43.4 Å². The van der Waals surface area contributed by atoms with E-state index in [1.165, 1.54) is 15.9 Å². The molecule has 0 aliphatic heterocycles. The zero-order valence-electron chi connectivity index (χ0n) is 16.8. The predicted octanol–water partition coefficient (Wildman–Crippen LogP) is 3.71. The molecule has 1 amide bonds. The number of nitrogens with one attached hydrogen (secondary N) is 1. The van der Waals surface area contributed by atoms with Crippen LogP contribution in [0.2, 0.25) is 0 Å². The summed E-state index contributed by atoms with van der Waals surface area (Å²) in [5.74, 6) is -1.25. The van der Waals surface area contributed by atoms with Gasteiger partial charge in [-0.1, -0.05) is 50.6 Å². The highest BCUT2D eigenvalue weighted by Gasteiger charge is 2.38. The fourth-order valence-corrected chi connectivity index (χ4v) is 5.41. The van der Waals surface area contributed by atoms with E-state index in [1.54, 1.807) is 13.8 Å². The summed E-state index contributed by atoms with van der Waals surface area (Å²) in [6.07, 6.45) is 3.08. The Hall–Kier alpha value is -2.25.